The maximum atomic E-state index is 12.2. The van der Waals surface area contributed by atoms with Crippen LogP contribution in [0, 0.1) is 0 Å². The predicted octanol–water partition coefficient (Wildman–Crippen LogP) is 1.98. The van der Waals surface area contributed by atoms with Gasteiger partial charge < -0.3 is 9.64 Å². The second-order valence-corrected chi connectivity index (χ2v) is 5.01. The molecule has 6 heteroatoms. The second-order valence-electron chi connectivity index (χ2n) is 5.01. The van der Waals surface area contributed by atoms with Crippen LogP contribution in [0.4, 0.5) is 13.2 Å². The lowest BCUT2D eigenvalue weighted by molar-refractivity contribution is -0.149. The second kappa shape index (κ2) is 7.31. The van der Waals surface area contributed by atoms with Crippen molar-refractivity contribution in [2.24, 2.45) is 0 Å². The Kier molecular flexibility index (Phi) is 6.38. The predicted molar refractivity (Wildman–Crippen MR) is 64.6 cm³/mol. The van der Waals surface area contributed by atoms with Crippen molar-refractivity contribution in [3.8, 4) is 0 Å². The van der Waals surface area contributed by atoms with E-state index in [1.54, 1.807) is 0 Å². The number of piperazine rings is 1. The lowest BCUT2D eigenvalue weighted by atomic mass is 10.3. The van der Waals surface area contributed by atoms with Crippen molar-refractivity contribution >= 4 is 0 Å². The van der Waals surface area contributed by atoms with Crippen molar-refractivity contribution in [2.75, 3.05) is 45.9 Å². The van der Waals surface area contributed by atoms with E-state index in [0.717, 1.165) is 32.7 Å². The zero-order valence-electron chi connectivity index (χ0n) is 11.2. The van der Waals surface area contributed by atoms with E-state index in [0.29, 0.717) is 13.1 Å². The number of hydrogen-bond donors (Lipinski definition) is 0. The maximum absolute atomic E-state index is 12.2. The molecule has 0 radical (unpaired) electrons. The highest BCUT2D eigenvalue weighted by Crippen LogP contribution is 2.17. The highest BCUT2D eigenvalue weighted by molar-refractivity contribution is 4.73. The molecule has 0 aliphatic carbocycles. The van der Waals surface area contributed by atoms with E-state index in [4.69, 9.17) is 4.74 Å². The third-order valence-electron chi connectivity index (χ3n) is 2.94. The molecular weight excluding hydrogens is 245 g/mol. The van der Waals surface area contributed by atoms with Gasteiger partial charge in [-0.3, -0.25) is 4.90 Å². The minimum Gasteiger partial charge on any atom is -0.379 e. The van der Waals surface area contributed by atoms with Gasteiger partial charge >= 0.3 is 6.18 Å². The molecule has 3 nitrogen and oxygen atoms in total. The van der Waals surface area contributed by atoms with Crippen LogP contribution in [0.5, 0.6) is 0 Å². The van der Waals surface area contributed by atoms with Crippen molar-refractivity contribution in [3.05, 3.63) is 0 Å². The molecule has 0 aromatic carbocycles. The van der Waals surface area contributed by atoms with E-state index >= 15 is 0 Å². The summed E-state index contributed by atoms with van der Waals surface area (Å²) in [5.41, 5.74) is 0. The smallest absolute Gasteiger partial charge is 0.379 e. The first-order chi connectivity index (χ1) is 8.37. The van der Waals surface area contributed by atoms with Crippen LogP contribution in [0.1, 0.15) is 20.3 Å². The maximum Gasteiger partial charge on any atom is 0.401 e. The van der Waals surface area contributed by atoms with Gasteiger partial charge in [-0.15, -0.1) is 0 Å². The molecule has 18 heavy (non-hydrogen) atoms. The van der Waals surface area contributed by atoms with Gasteiger partial charge in [0.15, 0.2) is 0 Å². The molecule has 0 N–H and O–H groups in total. The van der Waals surface area contributed by atoms with Gasteiger partial charge in [-0.25, -0.2) is 0 Å². The monoisotopic (exact) mass is 268 g/mol. The number of alkyl halides is 3. The molecule has 1 saturated heterocycles. The summed E-state index contributed by atoms with van der Waals surface area (Å²) in [5, 5.41) is 0. The molecule has 0 amide bonds. The molecule has 1 aliphatic heterocycles. The molecule has 0 saturated carbocycles. The summed E-state index contributed by atoms with van der Waals surface area (Å²) in [6.45, 7) is 7.29. The Morgan fingerprint density at radius 1 is 1.06 bits per heavy atom. The van der Waals surface area contributed by atoms with Crippen LogP contribution in [-0.2, 0) is 4.74 Å². The summed E-state index contributed by atoms with van der Waals surface area (Å²) in [5.74, 6) is 0. The summed E-state index contributed by atoms with van der Waals surface area (Å²) in [7, 11) is 0. The third-order valence-corrected chi connectivity index (χ3v) is 2.94. The van der Waals surface area contributed by atoms with Gasteiger partial charge in [0.1, 0.15) is 0 Å². The van der Waals surface area contributed by atoms with Crippen LogP contribution in [-0.4, -0.2) is 68.0 Å². The lowest BCUT2D eigenvalue weighted by Gasteiger charge is -2.34. The normalized spacial score (nSPS) is 19.7. The van der Waals surface area contributed by atoms with E-state index in [1.165, 1.54) is 4.90 Å². The summed E-state index contributed by atoms with van der Waals surface area (Å²) < 4.78 is 42.0. The SMILES string of the molecule is CC(C)OCCCN1CCN(CC(F)(F)F)CC1. The topological polar surface area (TPSA) is 15.7 Å². The van der Waals surface area contributed by atoms with E-state index in [1.807, 2.05) is 13.8 Å². The lowest BCUT2D eigenvalue weighted by Crippen LogP contribution is -2.49. The van der Waals surface area contributed by atoms with Gasteiger partial charge in [0.05, 0.1) is 12.6 Å². The molecule has 0 spiro atoms. The minimum absolute atomic E-state index is 0.244. The zero-order chi connectivity index (χ0) is 13.6. The van der Waals surface area contributed by atoms with E-state index in [2.05, 4.69) is 4.90 Å². The van der Waals surface area contributed by atoms with E-state index in [9.17, 15) is 13.2 Å². The van der Waals surface area contributed by atoms with Crippen LogP contribution in [0.3, 0.4) is 0 Å². The highest BCUT2D eigenvalue weighted by atomic mass is 19.4. The molecule has 108 valence electrons. The highest BCUT2D eigenvalue weighted by Gasteiger charge is 2.31. The summed E-state index contributed by atoms with van der Waals surface area (Å²) in [6, 6.07) is 0. The van der Waals surface area contributed by atoms with E-state index < -0.39 is 12.7 Å². The fraction of sp³-hybridized carbons (Fsp3) is 1.00. The van der Waals surface area contributed by atoms with Crippen molar-refractivity contribution in [3.63, 3.8) is 0 Å². The first kappa shape index (κ1) is 15.7. The van der Waals surface area contributed by atoms with Crippen molar-refractivity contribution in [2.45, 2.75) is 32.5 Å². The average molecular weight is 268 g/mol. The molecule has 0 atom stereocenters. The number of halogens is 3. The minimum atomic E-state index is -4.08. The van der Waals surface area contributed by atoms with Gasteiger partial charge in [-0.2, -0.15) is 13.2 Å². The first-order valence-electron chi connectivity index (χ1n) is 6.50. The molecule has 0 aromatic rings. The molecule has 1 heterocycles. The zero-order valence-corrected chi connectivity index (χ0v) is 11.2. The van der Waals surface area contributed by atoms with Crippen LogP contribution >= 0.6 is 0 Å². The Morgan fingerprint density at radius 3 is 2.11 bits per heavy atom. The Labute approximate surface area is 107 Å². The van der Waals surface area contributed by atoms with Gasteiger partial charge in [-0.1, -0.05) is 0 Å². The van der Waals surface area contributed by atoms with Gasteiger partial charge in [-0.05, 0) is 20.3 Å². The number of ether oxygens (including phenoxy) is 1. The summed E-state index contributed by atoms with van der Waals surface area (Å²) >= 11 is 0. The average Bonchev–Trinajstić information content (AvgIpc) is 2.24. The van der Waals surface area contributed by atoms with Crippen LogP contribution in [0.15, 0.2) is 0 Å². The summed E-state index contributed by atoms with van der Waals surface area (Å²) in [6.07, 6.45) is -2.89. The number of hydrogen-bond acceptors (Lipinski definition) is 3. The fourth-order valence-electron chi connectivity index (χ4n) is 2.03. The number of rotatable bonds is 6. The van der Waals surface area contributed by atoms with Crippen LogP contribution in [0.25, 0.3) is 0 Å². The van der Waals surface area contributed by atoms with E-state index in [-0.39, 0.29) is 6.10 Å². The fourth-order valence-corrected chi connectivity index (χ4v) is 2.03. The Hall–Kier alpha value is -0.330. The molecule has 0 unspecified atom stereocenters. The van der Waals surface area contributed by atoms with Gasteiger partial charge in [0, 0.05) is 39.3 Å². The molecule has 0 bridgehead atoms. The first-order valence-corrected chi connectivity index (χ1v) is 6.50. The summed E-state index contributed by atoms with van der Waals surface area (Å²) in [4.78, 5) is 3.68. The third kappa shape index (κ3) is 7.18. The van der Waals surface area contributed by atoms with Gasteiger partial charge in [0.2, 0.25) is 0 Å². The standard InChI is InChI=1S/C12H23F3N2O/c1-11(2)18-9-3-4-16-5-7-17(8-6-16)10-12(13,14)15/h11H,3-10H2,1-2H3. The Morgan fingerprint density at radius 2 is 1.61 bits per heavy atom. The molecule has 1 rings (SSSR count). The Bertz CT molecular complexity index is 226. The quantitative estimate of drug-likeness (QED) is 0.685. The van der Waals surface area contributed by atoms with Gasteiger partial charge in [0.25, 0.3) is 0 Å². The van der Waals surface area contributed by atoms with Crippen molar-refractivity contribution < 1.29 is 17.9 Å². The van der Waals surface area contributed by atoms with Crippen LogP contribution in [0.2, 0.25) is 0 Å². The molecule has 1 fully saturated rings. The molecular formula is C12H23F3N2O. The molecule has 0 aromatic heterocycles. The van der Waals surface area contributed by atoms with Crippen molar-refractivity contribution in [1.29, 1.82) is 0 Å². The van der Waals surface area contributed by atoms with Crippen LogP contribution < -0.4 is 0 Å². The van der Waals surface area contributed by atoms with Crippen molar-refractivity contribution in [1.82, 2.24) is 9.80 Å². The molecule has 1 aliphatic rings. The Balaban J connectivity index is 2.08. The largest absolute Gasteiger partial charge is 0.401 e. The number of nitrogens with zero attached hydrogens (tertiary/aromatic N) is 2.